The number of methoxy groups -OCH3 is 1. The Bertz CT molecular complexity index is 407. The average Bonchev–Trinajstić information content (AvgIpc) is 2.42. The van der Waals surface area contributed by atoms with E-state index in [1.54, 1.807) is 18.3 Å². The predicted octanol–water partition coefficient (Wildman–Crippen LogP) is 1.65. The fraction of sp³-hybridized carbons (Fsp3) is 0.571. The number of hydrogen-bond donors (Lipinski definition) is 0. The second-order valence-electron chi connectivity index (χ2n) is 4.68. The van der Waals surface area contributed by atoms with Gasteiger partial charge in [-0.15, -0.1) is 0 Å². The number of anilines is 1. The number of carbonyl (C=O) groups is 1. The molecule has 0 N–H and O–H groups in total. The third kappa shape index (κ3) is 4.87. The Kier molecular flexibility index (Phi) is 6.29. The topological polar surface area (TPSA) is 45.7 Å². The second kappa shape index (κ2) is 7.74. The highest BCUT2D eigenvalue weighted by molar-refractivity contribution is 5.90. The van der Waals surface area contributed by atoms with Gasteiger partial charge in [-0.05, 0) is 32.6 Å². The molecular weight excluding hydrogens is 242 g/mol. The molecule has 0 radical (unpaired) electrons. The molecule has 0 bridgehead atoms. The van der Waals surface area contributed by atoms with Gasteiger partial charge in [0.15, 0.2) is 0 Å². The monoisotopic (exact) mass is 265 g/mol. The van der Waals surface area contributed by atoms with Crippen molar-refractivity contribution < 1.29 is 9.53 Å². The summed E-state index contributed by atoms with van der Waals surface area (Å²) in [7, 11) is 5.48. The fourth-order valence-corrected chi connectivity index (χ4v) is 1.77. The molecule has 0 aliphatic carbocycles. The minimum atomic E-state index is -0.326. The number of esters is 1. The first-order valence-corrected chi connectivity index (χ1v) is 6.52. The molecule has 1 heterocycles. The van der Waals surface area contributed by atoms with Gasteiger partial charge in [0.2, 0.25) is 0 Å². The summed E-state index contributed by atoms with van der Waals surface area (Å²) in [5, 5.41) is 0. The molecule has 5 heteroatoms. The molecule has 0 aliphatic heterocycles. The predicted molar refractivity (Wildman–Crippen MR) is 76.6 cm³/mol. The van der Waals surface area contributed by atoms with Gasteiger partial charge < -0.3 is 14.5 Å². The minimum Gasteiger partial charge on any atom is -0.465 e. The lowest BCUT2D eigenvalue weighted by Gasteiger charge is -2.25. The summed E-state index contributed by atoms with van der Waals surface area (Å²) in [4.78, 5) is 20.2. The third-order valence-corrected chi connectivity index (χ3v) is 2.80. The quantitative estimate of drug-likeness (QED) is 0.701. The Hall–Kier alpha value is -1.62. The molecule has 19 heavy (non-hydrogen) atoms. The van der Waals surface area contributed by atoms with Gasteiger partial charge in [-0.3, -0.25) is 0 Å². The van der Waals surface area contributed by atoms with Crippen molar-refractivity contribution >= 4 is 11.8 Å². The van der Waals surface area contributed by atoms with E-state index in [2.05, 4.69) is 21.7 Å². The first-order chi connectivity index (χ1) is 9.08. The molecule has 1 aromatic heterocycles. The highest BCUT2D eigenvalue weighted by Gasteiger charge is 2.11. The maximum atomic E-state index is 11.5. The maximum Gasteiger partial charge on any atom is 0.338 e. The summed E-state index contributed by atoms with van der Waals surface area (Å²) in [5.41, 5.74) is 0.540. The summed E-state index contributed by atoms with van der Waals surface area (Å²) < 4.78 is 4.74. The molecule has 106 valence electrons. The van der Waals surface area contributed by atoms with E-state index in [0.29, 0.717) is 5.56 Å². The van der Waals surface area contributed by atoms with Gasteiger partial charge >= 0.3 is 5.97 Å². The van der Waals surface area contributed by atoms with Crippen molar-refractivity contribution in [3.63, 3.8) is 0 Å². The fourth-order valence-electron chi connectivity index (χ4n) is 1.77. The van der Waals surface area contributed by atoms with Crippen LogP contribution in [0.3, 0.4) is 0 Å². The molecule has 0 saturated carbocycles. The van der Waals surface area contributed by atoms with Gasteiger partial charge in [-0.1, -0.05) is 6.92 Å². The molecule has 0 amide bonds. The number of likely N-dealkylation sites (N-methyl/N-ethyl adjacent to an activating group) is 1. The van der Waals surface area contributed by atoms with E-state index in [1.165, 1.54) is 7.11 Å². The third-order valence-electron chi connectivity index (χ3n) is 2.80. The maximum absolute atomic E-state index is 11.5. The molecule has 0 spiro atoms. The summed E-state index contributed by atoms with van der Waals surface area (Å²) in [5.74, 6) is 0.499. The standard InChI is InChI=1S/C14H23N3O2/c1-5-8-17(10-9-16(2)3)13-11-12(6-7-15-13)14(18)19-4/h6-7,11H,5,8-10H2,1-4H3. The smallest absolute Gasteiger partial charge is 0.338 e. The van der Waals surface area contributed by atoms with E-state index in [1.807, 2.05) is 14.1 Å². The lowest BCUT2D eigenvalue weighted by Crippen LogP contribution is -2.33. The largest absolute Gasteiger partial charge is 0.465 e. The van der Waals surface area contributed by atoms with Gasteiger partial charge in [0.1, 0.15) is 5.82 Å². The number of carbonyl (C=O) groups excluding carboxylic acids is 1. The van der Waals surface area contributed by atoms with Crippen molar-refractivity contribution in [2.75, 3.05) is 45.7 Å². The summed E-state index contributed by atoms with van der Waals surface area (Å²) >= 11 is 0. The number of hydrogen-bond acceptors (Lipinski definition) is 5. The van der Waals surface area contributed by atoms with Crippen LogP contribution in [0.25, 0.3) is 0 Å². The number of aromatic nitrogens is 1. The van der Waals surface area contributed by atoms with Crippen molar-refractivity contribution in [2.24, 2.45) is 0 Å². The molecule has 1 aromatic rings. The normalized spacial score (nSPS) is 10.6. The first kappa shape index (κ1) is 15.4. The van der Waals surface area contributed by atoms with Gasteiger partial charge in [0.05, 0.1) is 12.7 Å². The zero-order valence-corrected chi connectivity index (χ0v) is 12.2. The van der Waals surface area contributed by atoms with Crippen LogP contribution in [0.2, 0.25) is 0 Å². The van der Waals surface area contributed by atoms with E-state index < -0.39 is 0 Å². The Balaban J connectivity index is 2.85. The Morgan fingerprint density at radius 1 is 1.32 bits per heavy atom. The molecule has 0 aromatic carbocycles. The average molecular weight is 265 g/mol. The van der Waals surface area contributed by atoms with Crippen LogP contribution in [0.1, 0.15) is 23.7 Å². The molecule has 1 rings (SSSR count). The van der Waals surface area contributed by atoms with Gasteiger partial charge in [0, 0.05) is 25.8 Å². The minimum absolute atomic E-state index is 0.326. The van der Waals surface area contributed by atoms with Gasteiger partial charge in [0.25, 0.3) is 0 Å². The lowest BCUT2D eigenvalue weighted by atomic mass is 10.2. The van der Waals surface area contributed by atoms with E-state index in [-0.39, 0.29) is 5.97 Å². The SMILES string of the molecule is CCCN(CCN(C)C)c1cc(C(=O)OC)ccn1. The zero-order chi connectivity index (χ0) is 14.3. The molecule has 5 nitrogen and oxygen atoms in total. The van der Waals surface area contributed by atoms with E-state index in [9.17, 15) is 4.79 Å². The van der Waals surface area contributed by atoms with E-state index in [0.717, 1.165) is 31.9 Å². The summed E-state index contributed by atoms with van der Waals surface area (Å²) in [6, 6.07) is 3.46. The highest BCUT2D eigenvalue weighted by atomic mass is 16.5. The molecule has 0 unspecified atom stereocenters. The van der Waals surface area contributed by atoms with Gasteiger partial charge in [-0.25, -0.2) is 9.78 Å². The van der Waals surface area contributed by atoms with Crippen LogP contribution in [-0.4, -0.2) is 56.7 Å². The van der Waals surface area contributed by atoms with Crippen molar-refractivity contribution in [1.82, 2.24) is 9.88 Å². The number of pyridine rings is 1. The van der Waals surface area contributed by atoms with E-state index >= 15 is 0 Å². The first-order valence-electron chi connectivity index (χ1n) is 6.52. The Morgan fingerprint density at radius 3 is 2.63 bits per heavy atom. The second-order valence-corrected chi connectivity index (χ2v) is 4.68. The van der Waals surface area contributed by atoms with Crippen LogP contribution in [-0.2, 0) is 4.74 Å². The Morgan fingerprint density at radius 2 is 2.05 bits per heavy atom. The van der Waals surface area contributed by atoms with Crippen LogP contribution in [0, 0.1) is 0 Å². The molecule has 0 atom stereocenters. The van der Waals surface area contributed by atoms with Gasteiger partial charge in [-0.2, -0.15) is 0 Å². The number of nitrogens with zero attached hydrogens (tertiary/aromatic N) is 3. The van der Waals surface area contributed by atoms with Crippen molar-refractivity contribution in [3.8, 4) is 0 Å². The lowest BCUT2D eigenvalue weighted by molar-refractivity contribution is 0.0600. The van der Waals surface area contributed by atoms with Crippen LogP contribution < -0.4 is 4.90 Å². The van der Waals surface area contributed by atoms with Crippen LogP contribution >= 0.6 is 0 Å². The van der Waals surface area contributed by atoms with Crippen molar-refractivity contribution in [1.29, 1.82) is 0 Å². The summed E-state index contributed by atoms with van der Waals surface area (Å²) in [6.45, 7) is 4.89. The van der Waals surface area contributed by atoms with Crippen molar-refractivity contribution in [2.45, 2.75) is 13.3 Å². The van der Waals surface area contributed by atoms with Crippen molar-refractivity contribution in [3.05, 3.63) is 23.9 Å². The summed E-state index contributed by atoms with van der Waals surface area (Å²) in [6.07, 6.45) is 2.69. The van der Waals surface area contributed by atoms with Crippen LogP contribution in [0.5, 0.6) is 0 Å². The molecule has 0 fully saturated rings. The van der Waals surface area contributed by atoms with Crippen LogP contribution in [0.4, 0.5) is 5.82 Å². The molecular formula is C14H23N3O2. The van der Waals surface area contributed by atoms with Crippen LogP contribution in [0.15, 0.2) is 18.3 Å². The van der Waals surface area contributed by atoms with E-state index in [4.69, 9.17) is 4.74 Å². The molecule has 0 saturated heterocycles. The number of rotatable bonds is 7. The zero-order valence-electron chi connectivity index (χ0n) is 12.2. The Labute approximate surface area is 115 Å². The molecule has 0 aliphatic rings. The highest BCUT2D eigenvalue weighted by Crippen LogP contribution is 2.13. The number of ether oxygens (including phenoxy) is 1.